The van der Waals surface area contributed by atoms with Gasteiger partial charge in [0, 0.05) is 23.9 Å². The van der Waals surface area contributed by atoms with Crippen LogP contribution in [-0.4, -0.2) is 71.1 Å². The number of amides is 3. The molecule has 3 amide bonds. The van der Waals surface area contributed by atoms with E-state index in [9.17, 15) is 14.4 Å². The molecule has 212 valence electrons. The van der Waals surface area contributed by atoms with E-state index in [2.05, 4.69) is 10.6 Å². The second-order valence-corrected chi connectivity index (χ2v) is 13.5. The maximum Gasteiger partial charge on any atom is 0.407 e. The fourth-order valence-electron chi connectivity index (χ4n) is 5.88. The lowest BCUT2D eigenvalue weighted by Crippen LogP contribution is -2.60. The molecule has 3 rings (SSSR count). The van der Waals surface area contributed by atoms with Crippen LogP contribution in [-0.2, 0) is 14.3 Å². The molecule has 8 nitrogen and oxygen atoms in total. The van der Waals surface area contributed by atoms with Gasteiger partial charge in [-0.3, -0.25) is 9.59 Å². The summed E-state index contributed by atoms with van der Waals surface area (Å²) in [5.74, 6) is 1.81. The Bertz CT molecular complexity index is 750. The average molecular weight is 539 g/mol. The first-order valence-electron chi connectivity index (χ1n) is 14.6. The number of carbonyl (C=O) groups excluding carboxylic acids is 3. The molecule has 3 fully saturated rings. The Morgan fingerprint density at radius 1 is 1.00 bits per heavy atom. The summed E-state index contributed by atoms with van der Waals surface area (Å²) >= 11 is 1.76. The fraction of sp³-hybridized carbons (Fsp3) is 0.893. The van der Waals surface area contributed by atoms with E-state index in [4.69, 9.17) is 10.5 Å². The van der Waals surface area contributed by atoms with Crippen LogP contribution in [0.25, 0.3) is 0 Å². The highest BCUT2D eigenvalue weighted by atomic mass is 32.2. The van der Waals surface area contributed by atoms with Gasteiger partial charge in [-0.1, -0.05) is 26.2 Å². The predicted molar refractivity (Wildman–Crippen MR) is 149 cm³/mol. The van der Waals surface area contributed by atoms with Gasteiger partial charge in [-0.15, -0.1) is 0 Å². The standard InChI is InChI=1S/C28H50N4O4S/c1-4-17-36-27(35)31-24(28(2,3)37-19-21-9-6-5-7-10-21)26(34)32-16-8-11-23(32)25(33)30-18-20-12-14-22(29)15-13-20/h20-24H,4-19,29H2,1-3H3,(H,30,33)(H,31,35). The van der Waals surface area contributed by atoms with E-state index in [-0.39, 0.29) is 17.9 Å². The highest BCUT2D eigenvalue weighted by Gasteiger charge is 2.44. The first-order valence-corrected chi connectivity index (χ1v) is 15.6. The molecular formula is C28H50N4O4S. The summed E-state index contributed by atoms with van der Waals surface area (Å²) in [5.41, 5.74) is 6.02. The molecule has 0 aromatic heterocycles. The van der Waals surface area contributed by atoms with E-state index in [1.54, 1.807) is 16.7 Å². The molecule has 3 aliphatic rings. The number of likely N-dealkylation sites (tertiary alicyclic amines) is 1. The van der Waals surface area contributed by atoms with E-state index < -0.39 is 22.9 Å². The number of hydrogen-bond donors (Lipinski definition) is 3. The molecule has 0 radical (unpaired) electrons. The lowest BCUT2D eigenvalue weighted by atomic mass is 9.86. The molecular weight excluding hydrogens is 488 g/mol. The molecule has 2 saturated carbocycles. The van der Waals surface area contributed by atoms with Gasteiger partial charge < -0.3 is 26.0 Å². The summed E-state index contributed by atoms with van der Waals surface area (Å²) in [4.78, 5) is 41.4. The van der Waals surface area contributed by atoms with Gasteiger partial charge in [0.15, 0.2) is 0 Å². The van der Waals surface area contributed by atoms with Crippen LogP contribution in [0.2, 0.25) is 0 Å². The molecule has 4 N–H and O–H groups in total. The first-order chi connectivity index (χ1) is 17.7. The number of carbonyl (C=O) groups is 3. The van der Waals surface area contributed by atoms with Crippen molar-refractivity contribution in [2.45, 2.75) is 121 Å². The van der Waals surface area contributed by atoms with Gasteiger partial charge in [0.05, 0.1) is 6.61 Å². The number of nitrogens with one attached hydrogen (secondary N) is 2. The van der Waals surface area contributed by atoms with E-state index in [0.717, 1.165) is 37.9 Å². The van der Waals surface area contributed by atoms with Crippen LogP contribution in [0.3, 0.4) is 0 Å². The lowest BCUT2D eigenvalue weighted by Gasteiger charge is -2.38. The quantitative estimate of drug-likeness (QED) is 0.363. The number of nitrogens with two attached hydrogens (primary N) is 1. The molecule has 1 heterocycles. The second-order valence-electron chi connectivity index (χ2n) is 11.8. The van der Waals surface area contributed by atoms with Gasteiger partial charge in [0.25, 0.3) is 0 Å². The van der Waals surface area contributed by atoms with Gasteiger partial charge in [0.1, 0.15) is 12.1 Å². The number of rotatable bonds is 11. The van der Waals surface area contributed by atoms with Crippen LogP contribution >= 0.6 is 11.8 Å². The SMILES string of the molecule is CCCOC(=O)NC(C(=O)N1CCCC1C(=O)NCC1CCC(N)CC1)C(C)(C)SCC1CCCCC1. The average Bonchev–Trinajstić information content (AvgIpc) is 3.39. The van der Waals surface area contributed by atoms with Crippen molar-refractivity contribution in [2.24, 2.45) is 17.6 Å². The summed E-state index contributed by atoms with van der Waals surface area (Å²) in [6.07, 6.45) is 12.0. The summed E-state index contributed by atoms with van der Waals surface area (Å²) in [6, 6.07) is -0.977. The van der Waals surface area contributed by atoms with Crippen molar-refractivity contribution in [1.29, 1.82) is 0 Å². The Hall–Kier alpha value is -1.48. The van der Waals surface area contributed by atoms with Gasteiger partial charge >= 0.3 is 6.09 Å². The Kier molecular flexibility index (Phi) is 11.9. The van der Waals surface area contributed by atoms with Crippen molar-refractivity contribution < 1.29 is 19.1 Å². The minimum atomic E-state index is -0.765. The van der Waals surface area contributed by atoms with Crippen molar-refractivity contribution in [1.82, 2.24) is 15.5 Å². The fourth-order valence-corrected chi connectivity index (χ4v) is 7.21. The third kappa shape index (κ3) is 9.05. The van der Waals surface area contributed by atoms with Gasteiger partial charge in [-0.25, -0.2) is 4.79 Å². The highest BCUT2D eigenvalue weighted by molar-refractivity contribution is 8.00. The normalized spacial score (nSPS) is 25.9. The van der Waals surface area contributed by atoms with Gasteiger partial charge in [-0.05, 0) is 89.2 Å². The molecule has 37 heavy (non-hydrogen) atoms. The minimum Gasteiger partial charge on any atom is -0.450 e. The number of nitrogens with zero attached hydrogens (tertiary/aromatic N) is 1. The third-order valence-electron chi connectivity index (χ3n) is 8.35. The van der Waals surface area contributed by atoms with Crippen LogP contribution in [0.1, 0.15) is 97.8 Å². The topological polar surface area (TPSA) is 114 Å². The number of ether oxygens (including phenoxy) is 1. The minimum absolute atomic E-state index is 0.0827. The molecule has 2 aliphatic carbocycles. The molecule has 1 saturated heterocycles. The Morgan fingerprint density at radius 2 is 1.70 bits per heavy atom. The van der Waals surface area contributed by atoms with Crippen molar-refractivity contribution in [3.05, 3.63) is 0 Å². The van der Waals surface area contributed by atoms with Crippen molar-refractivity contribution >= 4 is 29.7 Å². The van der Waals surface area contributed by atoms with Crippen LogP contribution < -0.4 is 16.4 Å². The largest absolute Gasteiger partial charge is 0.450 e. The smallest absolute Gasteiger partial charge is 0.407 e. The third-order valence-corrected chi connectivity index (χ3v) is 9.97. The number of alkyl carbamates (subject to hydrolysis) is 1. The van der Waals surface area contributed by atoms with Crippen LogP contribution in [0, 0.1) is 11.8 Å². The van der Waals surface area contributed by atoms with E-state index in [0.29, 0.717) is 44.4 Å². The van der Waals surface area contributed by atoms with E-state index >= 15 is 0 Å². The lowest BCUT2D eigenvalue weighted by molar-refractivity contribution is -0.140. The second kappa shape index (κ2) is 14.6. The monoisotopic (exact) mass is 538 g/mol. The predicted octanol–water partition coefficient (Wildman–Crippen LogP) is 4.21. The maximum atomic E-state index is 14.0. The zero-order valence-electron chi connectivity index (χ0n) is 23.3. The molecule has 2 unspecified atom stereocenters. The van der Waals surface area contributed by atoms with Gasteiger partial charge in [-0.2, -0.15) is 11.8 Å². The van der Waals surface area contributed by atoms with Gasteiger partial charge in [0.2, 0.25) is 11.8 Å². The molecule has 9 heteroatoms. The molecule has 1 aliphatic heterocycles. The van der Waals surface area contributed by atoms with E-state index in [1.165, 1.54) is 32.1 Å². The Morgan fingerprint density at radius 3 is 2.38 bits per heavy atom. The first kappa shape index (κ1) is 30.1. The Balaban J connectivity index is 1.65. The summed E-state index contributed by atoms with van der Waals surface area (Å²) in [6.45, 7) is 7.47. The van der Waals surface area contributed by atoms with Crippen molar-refractivity contribution in [2.75, 3.05) is 25.4 Å². The van der Waals surface area contributed by atoms with Crippen molar-refractivity contribution in [3.63, 3.8) is 0 Å². The number of hydrogen-bond acceptors (Lipinski definition) is 6. The highest BCUT2D eigenvalue weighted by Crippen LogP contribution is 2.36. The molecule has 0 bridgehead atoms. The zero-order valence-corrected chi connectivity index (χ0v) is 24.1. The maximum absolute atomic E-state index is 14.0. The summed E-state index contributed by atoms with van der Waals surface area (Å²) in [7, 11) is 0. The van der Waals surface area contributed by atoms with E-state index in [1.807, 2.05) is 20.8 Å². The van der Waals surface area contributed by atoms with Crippen LogP contribution in [0.4, 0.5) is 4.79 Å². The zero-order chi connectivity index (χ0) is 26.8. The molecule has 0 aromatic rings. The number of thioether (sulfide) groups is 1. The molecule has 2 atom stereocenters. The van der Waals surface area contributed by atoms with Crippen molar-refractivity contribution in [3.8, 4) is 0 Å². The molecule has 0 spiro atoms. The Labute approximate surface area is 227 Å². The summed E-state index contributed by atoms with van der Waals surface area (Å²) in [5, 5.41) is 6.00. The van der Waals surface area contributed by atoms with Crippen LogP contribution in [0.15, 0.2) is 0 Å². The van der Waals surface area contributed by atoms with Crippen LogP contribution in [0.5, 0.6) is 0 Å². The molecule has 0 aromatic carbocycles. The summed E-state index contributed by atoms with van der Waals surface area (Å²) < 4.78 is 4.76.